The van der Waals surface area contributed by atoms with E-state index >= 15 is 0 Å². The molecule has 0 unspecified atom stereocenters. The second-order valence-electron chi connectivity index (χ2n) is 4.19. The van der Waals surface area contributed by atoms with Crippen molar-refractivity contribution in [2.45, 2.75) is 0 Å². The smallest absolute Gasteiger partial charge is 0.254 e. The number of hydrogen-bond acceptors (Lipinski definition) is 4. The van der Waals surface area contributed by atoms with Crippen LogP contribution in [0.3, 0.4) is 0 Å². The molecule has 0 aliphatic carbocycles. The van der Waals surface area contributed by atoms with E-state index in [-0.39, 0.29) is 12.5 Å². The number of likely N-dealkylation sites (N-methyl/N-ethyl adjacent to an activating group) is 2. The number of thiophene rings is 1. The summed E-state index contributed by atoms with van der Waals surface area (Å²) in [5.41, 5.74) is 0.656. The number of aliphatic hydroxyl groups is 1. The topological polar surface area (TPSA) is 43.8 Å². The van der Waals surface area contributed by atoms with Gasteiger partial charge in [0.2, 0.25) is 0 Å². The Morgan fingerprint density at radius 1 is 1.39 bits per heavy atom. The molecule has 0 saturated carbocycles. The van der Waals surface area contributed by atoms with Crippen LogP contribution in [0.15, 0.2) is 11.4 Å². The van der Waals surface area contributed by atoms with Crippen LogP contribution in [0.1, 0.15) is 15.2 Å². The van der Waals surface area contributed by atoms with Crippen molar-refractivity contribution in [3.05, 3.63) is 21.9 Å². The standard InChI is InChI=1S/C13H18N2O2S/c1-14(2)6-7-15(3)13(17)11-9-12(18-10-11)5-4-8-16/h9-10,16H,6-8H2,1-3H3. The molecule has 1 amide bonds. The van der Waals surface area contributed by atoms with Crippen LogP contribution in [0.25, 0.3) is 0 Å². The molecule has 0 aliphatic rings. The summed E-state index contributed by atoms with van der Waals surface area (Å²) in [6, 6.07) is 1.77. The first-order chi connectivity index (χ1) is 8.54. The first-order valence-corrected chi connectivity index (χ1v) is 6.51. The second-order valence-corrected chi connectivity index (χ2v) is 5.10. The predicted molar refractivity (Wildman–Crippen MR) is 73.8 cm³/mol. The van der Waals surface area contributed by atoms with E-state index in [1.165, 1.54) is 11.3 Å². The van der Waals surface area contributed by atoms with Gasteiger partial charge in [0.1, 0.15) is 6.61 Å². The zero-order valence-electron chi connectivity index (χ0n) is 10.9. The summed E-state index contributed by atoms with van der Waals surface area (Å²) >= 11 is 1.42. The maximum Gasteiger partial charge on any atom is 0.254 e. The number of nitrogens with zero attached hydrogens (tertiary/aromatic N) is 2. The molecule has 1 heterocycles. The van der Waals surface area contributed by atoms with E-state index in [0.717, 1.165) is 11.4 Å². The van der Waals surface area contributed by atoms with Crippen LogP contribution in [0.5, 0.6) is 0 Å². The highest BCUT2D eigenvalue weighted by atomic mass is 32.1. The fourth-order valence-corrected chi connectivity index (χ4v) is 2.06. The molecule has 18 heavy (non-hydrogen) atoms. The van der Waals surface area contributed by atoms with Gasteiger partial charge in [0.25, 0.3) is 5.91 Å². The molecule has 0 fully saturated rings. The van der Waals surface area contributed by atoms with Crippen molar-refractivity contribution in [3.63, 3.8) is 0 Å². The maximum absolute atomic E-state index is 12.1. The van der Waals surface area contributed by atoms with Gasteiger partial charge in [-0.2, -0.15) is 0 Å². The number of carbonyl (C=O) groups is 1. The van der Waals surface area contributed by atoms with Gasteiger partial charge in [-0.1, -0.05) is 11.8 Å². The Bertz CT molecular complexity index is 457. The molecule has 0 aliphatic heterocycles. The SMILES string of the molecule is CN(C)CCN(C)C(=O)c1csc(C#CCO)c1. The molecule has 0 radical (unpaired) electrons. The summed E-state index contributed by atoms with van der Waals surface area (Å²) in [4.78, 5) is 16.6. The lowest BCUT2D eigenvalue weighted by Gasteiger charge is -2.19. The van der Waals surface area contributed by atoms with Crippen molar-refractivity contribution >= 4 is 17.2 Å². The lowest BCUT2D eigenvalue weighted by atomic mass is 10.2. The Hall–Kier alpha value is -1.35. The van der Waals surface area contributed by atoms with Crippen molar-refractivity contribution in [1.29, 1.82) is 0 Å². The summed E-state index contributed by atoms with van der Waals surface area (Å²) in [5, 5.41) is 10.4. The van der Waals surface area contributed by atoms with Gasteiger partial charge in [-0.15, -0.1) is 11.3 Å². The van der Waals surface area contributed by atoms with E-state index < -0.39 is 0 Å². The molecule has 1 aromatic rings. The number of carbonyl (C=O) groups excluding carboxylic acids is 1. The minimum Gasteiger partial charge on any atom is -0.384 e. The predicted octanol–water partition coefficient (Wildman–Crippen LogP) is 0.725. The summed E-state index contributed by atoms with van der Waals surface area (Å²) in [6.07, 6.45) is 0. The first-order valence-electron chi connectivity index (χ1n) is 5.63. The molecule has 1 N–H and O–H groups in total. The first kappa shape index (κ1) is 14.7. The molecule has 1 rings (SSSR count). The molecule has 1 aromatic heterocycles. The van der Waals surface area contributed by atoms with Crippen molar-refractivity contribution in [3.8, 4) is 11.8 Å². The van der Waals surface area contributed by atoms with Gasteiger partial charge in [0.15, 0.2) is 0 Å². The van der Waals surface area contributed by atoms with Gasteiger partial charge < -0.3 is 14.9 Å². The Balaban J connectivity index is 2.63. The zero-order valence-corrected chi connectivity index (χ0v) is 11.8. The molecule has 0 spiro atoms. The molecule has 0 saturated heterocycles. The molecule has 0 atom stereocenters. The normalized spacial score (nSPS) is 10.1. The number of hydrogen-bond donors (Lipinski definition) is 1. The lowest BCUT2D eigenvalue weighted by Crippen LogP contribution is -2.33. The second kappa shape index (κ2) is 7.17. The fourth-order valence-electron chi connectivity index (χ4n) is 1.31. The Labute approximate surface area is 112 Å². The van der Waals surface area contributed by atoms with Gasteiger partial charge in [-0.05, 0) is 20.2 Å². The Kier molecular flexibility index (Phi) is 5.86. The molecular formula is C13H18N2O2S. The van der Waals surface area contributed by atoms with Crippen molar-refractivity contribution in [2.75, 3.05) is 40.8 Å². The van der Waals surface area contributed by atoms with Crippen LogP contribution in [0.2, 0.25) is 0 Å². The third kappa shape index (κ3) is 4.49. The minimum absolute atomic E-state index is 0.00477. The van der Waals surface area contributed by atoms with Crippen molar-refractivity contribution in [1.82, 2.24) is 9.80 Å². The van der Waals surface area contributed by atoms with Gasteiger partial charge in [-0.25, -0.2) is 0 Å². The van der Waals surface area contributed by atoms with E-state index in [2.05, 4.69) is 11.8 Å². The summed E-state index contributed by atoms with van der Waals surface area (Å²) in [5.74, 6) is 5.37. The molecule has 5 heteroatoms. The molecule has 0 aromatic carbocycles. The molecular weight excluding hydrogens is 248 g/mol. The van der Waals surface area contributed by atoms with E-state index in [1.54, 1.807) is 23.4 Å². The van der Waals surface area contributed by atoms with Crippen LogP contribution in [0, 0.1) is 11.8 Å². The summed E-state index contributed by atoms with van der Waals surface area (Å²) < 4.78 is 0. The number of rotatable bonds is 4. The highest BCUT2D eigenvalue weighted by Crippen LogP contribution is 2.15. The minimum atomic E-state index is -0.163. The van der Waals surface area contributed by atoms with Crippen LogP contribution in [-0.4, -0.2) is 61.7 Å². The lowest BCUT2D eigenvalue weighted by molar-refractivity contribution is 0.0787. The average molecular weight is 266 g/mol. The molecule has 4 nitrogen and oxygen atoms in total. The van der Waals surface area contributed by atoms with E-state index in [1.807, 2.05) is 19.0 Å². The molecule has 98 valence electrons. The van der Waals surface area contributed by atoms with Crippen LogP contribution >= 0.6 is 11.3 Å². The van der Waals surface area contributed by atoms with Gasteiger partial charge >= 0.3 is 0 Å². The van der Waals surface area contributed by atoms with Crippen LogP contribution < -0.4 is 0 Å². The molecule has 0 bridgehead atoms. The van der Waals surface area contributed by atoms with Crippen molar-refractivity contribution in [2.24, 2.45) is 0 Å². The monoisotopic (exact) mass is 266 g/mol. The van der Waals surface area contributed by atoms with E-state index in [9.17, 15) is 4.79 Å². The van der Waals surface area contributed by atoms with Gasteiger partial charge in [0, 0.05) is 25.5 Å². The third-order valence-corrected chi connectivity index (χ3v) is 3.21. The number of aliphatic hydroxyl groups excluding tert-OH is 1. The van der Waals surface area contributed by atoms with Gasteiger partial charge in [-0.3, -0.25) is 4.79 Å². The fraction of sp³-hybridized carbons (Fsp3) is 0.462. The average Bonchev–Trinajstić information content (AvgIpc) is 2.81. The van der Waals surface area contributed by atoms with Gasteiger partial charge in [0.05, 0.1) is 10.4 Å². The van der Waals surface area contributed by atoms with Crippen molar-refractivity contribution < 1.29 is 9.90 Å². The summed E-state index contributed by atoms with van der Waals surface area (Å²) in [7, 11) is 5.75. The highest BCUT2D eigenvalue weighted by molar-refractivity contribution is 7.10. The Morgan fingerprint density at radius 3 is 2.72 bits per heavy atom. The van der Waals surface area contributed by atoms with Crippen LogP contribution in [0.4, 0.5) is 0 Å². The largest absolute Gasteiger partial charge is 0.384 e. The Morgan fingerprint density at radius 2 is 2.11 bits per heavy atom. The third-order valence-electron chi connectivity index (χ3n) is 2.37. The summed E-state index contributed by atoms with van der Waals surface area (Å²) in [6.45, 7) is 1.37. The maximum atomic E-state index is 12.1. The van der Waals surface area contributed by atoms with E-state index in [0.29, 0.717) is 12.1 Å². The quantitative estimate of drug-likeness (QED) is 0.817. The highest BCUT2D eigenvalue weighted by Gasteiger charge is 2.13. The zero-order chi connectivity index (χ0) is 13.5. The van der Waals surface area contributed by atoms with E-state index in [4.69, 9.17) is 5.11 Å². The number of amides is 1. The van der Waals surface area contributed by atoms with Crippen LogP contribution in [-0.2, 0) is 0 Å².